The molecule has 0 aliphatic carbocycles. The fourth-order valence-corrected chi connectivity index (χ4v) is 5.86. The fourth-order valence-electron chi connectivity index (χ4n) is 3.95. The van der Waals surface area contributed by atoms with E-state index in [0.717, 1.165) is 16.6 Å². The van der Waals surface area contributed by atoms with Gasteiger partial charge in [-0.1, -0.05) is 42.5 Å². The van der Waals surface area contributed by atoms with Crippen molar-refractivity contribution in [2.75, 3.05) is 23.3 Å². The van der Waals surface area contributed by atoms with Crippen LogP contribution in [0.1, 0.15) is 12.5 Å². The molecule has 0 amide bonds. The van der Waals surface area contributed by atoms with Gasteiger partial charge in [-0.25, -0.2) is 8.42 Å². The summed E-state index contributed by atoms with van der Waals surface area (Å²) in [7, 11) is -0.0633. The SMILES string of the molecule is CC(=O)[C@H]1Cc2ccccc2N1S(=O)(=O)c1cccc2c(N(C)C)cccc12. The summed E-state index contributed by atoms with van der Waals surface area (Å²) < 4.78 is 28.8. The normalized spacial score (nSPS) is 16.2. The molecule has 6 heteroatoms. The van der Waals surface area contributed by atoms with Crippen LogP contribution < -0.4 is 9.21 Å². The lowest BCUT2D eigenvalue weighted by atomic mass is 10.1. The van der Waals surface area contributed by atoms with Gasteiger partial charge in [0.1, 0.15) is 6.04 Å². The number of rotatable bonds is 4. The summed E-state index contributed by atoms with van der Waals surface area (Å²) in [4.78, 5) is 14.5. The summed E-state index contributed by atoms with van der Waals surface area (Å²) in [6.07, 6.45) is 0.401. The van der Waals surface area contributed by atoms with Gasteiger partial charge in [0.15, 0.2) is 5.78 Å². The summed E-state index contributed by atoms with van der Waals surface area (Å²) in [6, 6.07) is 17.5. The second-order valence-electron chi connectivity index (χ2n) is 7.28. The molecular weight excluding hydrogens is 372 g/mol. The maximum atomic E-state index is 13.8. The molecule has 0 radical (unpaired) electrons. The lowest BCUT2D eigenvalue weighted by Gasteiger charge is -2.26. The molecule has 0 N–H and O–H groups in total. The highest BCUT2D eigenvalue weighted by molar-refractivity contribution is 7.93. The van der Waals surface area contributed by atoms with E-state index in [4.69, 9.17) is 0 Å². The van der Waals surface area contributed by atoms with Gasteiger partial charge >= 0.3 is 0 Å². The van der Waals surface area contributed by atoms with Crippen LogP contribution in [-0.4, -0.2) is 34.3 Å². The molecule has 5 nitrogen and oxygen atoms in total. The van der Waals surface area contributed by atoms with Gasteiger partial charge < -0.3 is 4.90 Å². The third kappa shape index (κ3) is 2.76. The van der Waals surface area contributed by atoms with Gasteiger partial charge in [0.2, 0.25) is 0 Å². The molecule has 0 spiro atoms. The Morgan fingerprint density at radius 1 is 0.964 bits per heavy atom. The lowest BCUT2D eigenvalue weighted by Crippen LogP contribution is -2.42. The van der Waals surface area contributed by atoms with Crippen molar-refractivity contribution in [2.45, 2.75) is 24.3 Å². The Kier molecular flexibility index (Phi) is 4.38. The number of Topliss-reactive ketones (excluding diaryl/α,β-unsaturated/α-hetero) is 1. The van der Waals surface area contributed by atoms with Crippen molar-refractivity contribution >= 4 is 38.0 Å². The number of anilines is 2. The summed E-state index contributed by atoms with van der Waals surface area (Å²) in [5, 5.41) is 1.51. The minimum atomic E-state index is -3.92. The maximum Gasteiger partial charge on any atom is 0.265 e. The zero-order valence-corrected chi connectivity index (χ0v) is 16.9. The highest BCUT2D eigenvalue weighted by atomic mass is 32.2. The molecule has 3 aromatic carbocycles. The lowest BCUT2D eigenvalue weighted by molar-refractivity contribution is -0.117. The molecule has 1 aliphatic heterocycles. The Bertz CT molecular complexity index is 1190. The van der Waals surface area contributed by atoms with Gasteiger partial charge in [0, 0.05) is 37.0 Å². The Balaban J connectivity index is 1.96. The molecule has 0 bridgehead atoms. The number of hydrogen-bond acceptors (Lipinski definition) is 4. The quantitative estimate of drug-likeness (QED) is 0.678. The number of nitrogens with zero attached hydrogens (tertiary/aromatic N) is 2. The van der Waals surface area contributed by atoms with Crippen LogP contribution in [0.25, 0.3) is 10.8 Å². The molecule has 0 aromatic heterocycles. The number of benzene rings is 3. The highest BCUT2D eigenvalue weighted by Crippen LogP contribution is 2.39. The van der Waals surface area contributed by atoms with E-state index in [1.54, 1.807) is 24.3 Å². The molecule has 0 fully saturated rings. The van der Waals surface area contributed by atoms with E-state index in [1.165, 1.54) is 11.2 Å². The first-order valence-corrected chi connectivity index (χ1v) is 10.6. The fraction of sp³-hybridized carbons (Fsp3) is 0.227. The van der Waals surface area contributed by atoms with Crippen LogP contribution in [0.15, 0.2) is 65.6 Å². The monoisotopic (exact) mass is 394 g/mol. The first kappa shape index (κ1) is 18.5. The maximum absolute atomic E-state index is 13.8. The van der Waals surface area contributed by atoms with Gasteiger partial charge in [0.05, 0.1) is 10.6 Å². The molecule has 3 aromatic rings. The minimum absolute atomic E-state index is 0.158. The Morgan fingerprint density at radius 3 is 2.36 bits per heavy atom. The highest BCUT2D eigenvalue weighted by Gasteiger charge is 2.41. The van der Waals surface area contributed by atoms with Crippen LogP contribution in [0.3, 0.4) is 0 Å². The van der Waals surface area contributed by atoms with E-state index in [1.807, 2.05) is 55.4 Å². The van der Waals surface area contributed by atoms with E-state index >= 15 is 0 Å². The zero-order chi connectivity index (χ0) is 20.1. The average Bonchev–Trinajstić information content (AvgIpc) is 3.07. The number of para-hydroxylation sites is 1. The molecule has 144 valence electrons. The van der Waals surface area contributed by atoms with E-state index in [-0.39, 0.29) is 10.7 Å². The molecule has 0 saturated carbocycles. The molecule has 1 atom stereocenters. The number of fused-ring (bicyclic) bond motifs is 2. The molecule has 1 heterocycles. The van der Waals surface area contributed by atoms with Crippen molar-refractivity contribution in [1.82, 2.24) is 0 Å². The number of hydrogen-bond donors (Lipinski definition) is 0. The van der Waals surface area contributed by atoms with Gasteiger partial charge in [0.25, 0.3) is 10.0 Å². The van der Waals surface area contributed by atoms with Crippen molar-refractivity contribution < 1.29 is 13.2 Å². The smallest absolute Gasteiger partial charge is 0.265 e. The van der Waals surface area contributed by atoms with Gasteiger partial charge in [-0.05, 0) is 30.7 Å². The van der Waals surface area contributed by atoms with E-state index in [2.05, 4.69) is 0 Å². The Labute approximate surface area is 165 Å². The first-order valence-electron chi connectivity index (χ1n) is 9.14. The van der Waals surface area contributed by atoms with Gasteiger partial charge in [-0.15, -0.1) is 0 Å². The topological polar surface area (TPSA) is 57.7 Å². The van der Waals surface area contributed by atoms with Crippen LogP contribution >= 0.6 is 0 Å². The molecule has 0 unspecified atom stereocenters. The molecular formula is C22H22N2O3S. The number of ketones is 1. The van der Waals surface area contributed by atoms with Crippen LogP contribution in [0.4, 0.5) is 11.4 Å². The second-order valence-corrected chi connectivity index (χ2v) is 9.07. The minimum Gasteiger partial charge on any atom is -0.377 e. The van der Waals surface area contributed by atoms with Crippen molar-refractivity contribution in [2.24, 2.45) is 0 Å². The average molecular weight is 394 g/mol. The second kappa shape index (κ2) is 6.63. The standard InChI is InChI=1S/C22H22N2O3S/c1-15(25)21-14-16-8-4-5-11-19(16)24(21)28(26,27)22-13-7-9-17-18(22)10-6-12-20(17)23(2)3/h4-13,21H,14H2,1-3H3/t21-/m1/s1. The number of carbonyl (C=O) groups excluding carboxylic acids is 1. The first-order chi connectivity index (χ1) is 13.3. The zero-order valence-electron chi connectivity index (χ0n) is 16.1. The van der Waals surface area contributed by atoms with Gasteiger partial charge in [-0.2, -0.15) is 0 Å². The van der Waals surface area contributed by atoms with E-state index in [9.17, 15) is 13.2 Å². The summed E-state index contributed by atoms with van der Waals surface area (Å²) >= 11 is 0. The van der Waals surface area contributed by atoms with Gasteiger partial charge in [-0.3, -0.25) is 9.10 Å². The molecule has 4 rings (SSSR count). The predicted molar refractivity (Wildman–Crippen MR) is 113 cm³/mol. The predicted octanol–water partition coefficient (Wildman–Crippen LogP) is 3.61. The number of carbonyl (C=O) groups is 1. The summed E-state index contributed by atoms with van der Waals surface area (Å²) in [5.41, 5.74) is 2.41. The molecule has 0 saturated heterocycles. The van der Waals surface area contributed by atoms with Crippen molar-refractivity contribution in [3.63, 3.8) is 0 Å². The third-order valence-electron chi connectivity index (χ3n) is 5.27. The number of sulfonamides is 1. The summed E-state index contributed by atoms with van der Waals surface area (Å²) in [5.74, 6) is -0.158. The molecule has 28 heavy (non-hydrogen) atoms. The third-order valence-corrected chi connectivity index (χ3v) is 7.15. The van der Waals surface area contributed by atoms with Crippen LogP contribution in [0.5, 0.6) is 0 Å². The van der Waals surface area contributed by atoms with Crippen molar-refractivity contribution in [1.29, 1.82) is 0 Å². The van der Waals surface area contributed by atoms with Crippen molar-refractivity contribution in [3.05, 3.63) is 66.2 Å². The summed E-state index contributed by atoms with van der Waals surface area (Å²) in [6.45, 7) is 1.45. The van der Waals surface area contributed by atoms with Crippen LogP contribution in [0, 0.1) is 0 Å². The molecule has 1 aliphatic rings. The van der Waals surface area contributed by atoms with Crippen LogP contribution in [0.2, 0.25) is 0 Å². The van der Waals surface area contributed by atoms with E-state index in [0.29, 0.717) is 17.5 Å². The van der Waals surface area contributed by atoms with E-state index < -0.39 is 16.1 Å². The Morgan fingerprint density at radius 2 is 1.64 bits per heavy atom. The van der Waals surface area contributed by atoms with Crippen LogP contribution in [-0.2, 0) is 21.2 Å². The van der Waals surface area contributed by atoms with Crippen molar-refractivity contribution in [3.8, 4) is 0 Å². The largest absolute Gasteiger partial charge is 0.377 e. The Hall–Kier alpha value is -2.86.